The number of hydrogen-bond acceptors (Lipinski definition) is 4. The van der Waals surface area contributed by atoms with Gasteiger partial charge in [-0.3, -0.25) is 0 Å². The van der Waals surface area contributed by atoms with Gasteiger partial charge >= 0.3 is 0 Å². The largest absolute Gasteiger partial charge is 0.310 e. The van der Waals surface area contributed by atoms with Gasteiger partial charge in [0.1, 0.15) is 5.01 Å². The Morgan fingerprint density at radius 1 is 0.364 bits per heavy atom. The standard InChI is InChI=1S/C51H32N2S2/c1-3-12-33(13-4-1)37-17-11-18-39(30-37)53(40-27-29-43-42-20-9-10-21-47(42)54-48(43)31-40)38-25-22-35(23-26-38)45-32-46-41-19-8-7-14-34(41)24-28-44(46)50-49(45)52-51(55-50)36-15-5-2-6-16-36/h1-32H. The molecule has 258 valence electrons. The molecule has 0 unspecified atom stereocenters. The van der Waals surface area contributed by atoms with Gasteiger partial charge in [0.2, 0.25) is 0 Å². The van der Waals surface area contributed by atoms with Crippen molar-refractivity contribution in [3.63, 3.8) is 0 Å². The predicted molar refractivity (Wildman–Crippen MR) is 239 cm³/mol. The maximum absolute atomic E-state index is 5.34. The first-order chi connectivity index (χ1) is 27.2. The van der Waals surface area contributed by atoms with Gasteiger partial charge in [-0.25, -0.2) is 4.98 Å². The van der Waals surface area contributed by atoms with E-state index in [0.717, 1.165) is 44.3 Å². The van der Waals surface area contributed by atoms with Crippen molar-refractivity contribution >= 4 is 91.7 Å². The molecule has 0 radical (unpaired) electrons. The average Bonchev–Trinajstić information content (AvgIpc) is 3.87. The summed E-state index contributed by atoms with van der Waals surface area (Å²) in [5, 5.41) is 8.64. The van der Waals surface area contributed by atoms with Crippen molar-refractivity contribution in [1.29, 1.82) is 0 Å². The number of nitrogens with zero attached hydrogens (tertiary/aromatic N) is 2. The lowest BCUT2D eigenvalue weighted by molar-refractivity contribution is 1.29. The Kier molecular flexibility index (Phi) is 7.58. The summed E-state index contributed by atoms with van der Waals surface area (Å²) in [5.41, 5.74) is 10.2. The normalized spacial score (nSPS) is 11.6. The zero-order valence-corrected chi connectivity index (χ0v) is 31.3. The van der Waals surface area contributed by atoms with Crippen LogP contribution in [-0.2, 0) is 0 Å². The fourth-order valence-corrected chi connectivity index (χ4v) is 10.3. The number of hydrogen-bond donors (Lipinski definition) is 0. The Hall–Kier alpha value is -6.59. The number of thiophene rings is 1. The first kappa shape index (κ1) is 31.9. The summed E-state index contributed by atoms with van der Waals surface area (Å²) in [6.45, 7) is 0. The van der Waals surface area contributed by atoms with Crippen LogP contribution in [0.25, 0.3) is 84.8 Å². The molecule has 0 fully saturated rings. The van der Waals surface area contributed by atoms with E-state index in [1.54, 1.807) is 11.3 Å². The number of anilines is 3. The molecule has 0 aliphatic heterocycles. The summed E-state index contributed by atoms with van der Waals surface area (Å²) in [5.74, 6) is 0. The summed E-state index contributed by atoms with van der Waals surface area (Å²) >= 11 is 3.64. The fourth-order valence-electron chi connectivity index (χ4n) is 8.02. The van der Waals surface area contributed by atoms with Crippen molar-refractivity contribution < 1.29 is 0 Å². The molecule has 2 heterocycles. The minimum absolute atomic E-state index is 1.04. The average molecular weight is 737 g/mol. The number of thiazole rings is 1. The van der Waals surface area contributed by atoms with Crippen LogP contribution in [0.15, 0.2) is 194 Å². The highest BCUT2D eigenvalue weighted by atomic mass is 32.1. The lowest BCUT2D eigenvalue weighted by atomic mass is 9.96. The van der Waals surface area contributed by atoms with Gasteiger partial charge in [-0.2, -0.15) is 0 Å². The number of aromatic nitrogens is 1. The second-order valence-electron chi connectivity index (χ2n) is 13.9. The molecule has 0 aliphatic rings. The monoisotopic (exact) mass is 736 g/mol. The predicted octanol–water partition coefficient (Wildman–Crippen LogP) is 15.4. The van der Waals surface area contributed by atoms with E-state index in [9.17, 15) is 0 Å². The van der Waals surface area contributed by atoms with E-state index in [1.165, 1.54) is 57.5 Å². The van der Waals surface area contributed by atoms with E-state index < -0.39 is 0 Å². The number of benzene rings is 9. The Morgan fingerprint density at radius 2 is 1.02 bits per heavy atom. The smallest absolute Gasteiger partial charge is 0.124 e. The van der Waals surface area contributed by atoms with E-state index in [0.29, 0.717) is 0 Å². The molecule has 2 aromatic heterocycles. The summed E-state index contributed by atoms with van der Waals surface area (Å²) in [4.78, 5) is 7.73. The molecule has 0 amide bonds. The number of rotatable bonds is 6. The Labute approximate surface area is 326 Å². The first-order valence-corrected chi connectivity index (χ1v) is 20.2. The van der Waals surface area contributed by atoms with Crippen molar-refractivity contribution in [2.24, 2.45) is 0 Å². The molecule has 55 heavy (non-hydrogen) atoms. The third-order valence-corrected chi connectivity index (χ3v) is 12.9. The summed E-state index contributed by atoms with van der Waals surface area (Å²) in [6.07, 6.45) is 0. The lowest BCUT2D eigenvalue weighted by Gasteiger charge is -2.26. The van der Waals surface area contributed by atoms with Crippen LogP contribution in [-0.4, -0.2) is 4.98 Å². The van der Waals surface area contributed by atoms with Crippen molar-refractivity contribution in [3.05, 3.63) is 194 Å². The lowest BCUT2D eigenvalue weighted by Crippen LogP contribution is -2.10. The van der Waals surface area contributed by atoms with Gasteiger partial charge in [0.25, 0.3) is 0 Å². The maximum atomic E-state index is 5.34. The van der Waals surface area contributed by atoms with Gasteiger partial charge in [0.05, 0.1) is 10.2 Å². The quantitative estimate of drug-likeness (QED) is 0.158. The van der Waals surface area contributed by atoms with Gasteiger partial charge < -0.3 is 4.90 Å². The highest BCUT2D eigenvalue weighted by molar-refractivity contribution is 7.25. The topological polar surface area (TPSA) is 16.1 Å². The van der Waals surface area contributed by atoms with Gasteiger partial charge in [-0.1, -0.05) is 146 Å². The van der Waals surface area contributed by atoms with E-state index in [1.807, 2.05) is 11.3 Å². The molecular weight excluding hydrogens is 705 g/mol. The molecule has 0 atom stereocenters. The van der Waals surface area contributed by atoms with Crippen LogP contribution < -0.4 is 4.90 Å². The zero-order valence-electron chi connectivity index (χ0n) is 29.7. The minimum Gasteiger partial charge on any atom is -0.310 e. The Morgan fingerprint density at radius 3 is 1.85 bits per heavy atom. The second kappa shape index (κ2) is 13.1. The van der Waals surface area contributed by atoms with Crippen molar-refractivity contribution in [1.82, 2.24) is 4.98 Å². The van der Waals surface area contributed by atoms with Crippen LogP contribution in [0.3, 0.4) is 0 Å². The first-order valence-electron chi connectivity index (χ1n) is 18.5. The van der Waals surface area contributed by atoms with Crippen LogP contribution >= 0.6 is 22.7 Å². The SMILES string of the molecule is c1ccc(-c2cccc(N(c3ccc(-c4cc5c6ccccc6ccc5c5sc(-c6ccccc6)nc45)cc3)c3ccc4c(c3)sc3ccccc34)c2)cc1. The Balaban J connectivity index is 1.09. The van der Waals surface area contributed by atoms with Crippen LogP contribution in [0.5, 0.6) is 0 Å². The summed E-state index contributed by atoms with van der Waals surface area (Å²) < 4.78 is 3.81. The van der Waals surface area contributed by atoms with Crippen molar-refractivity contribution in [2.45, 2.75) is 0 Å². The van der Waals surface area contributed by atoms with E-state index >= 15 is 0 Å². The van der Waals surface area contributed by atoms with E-state index in [-0.39, 0.29) is 0 Å². The van der Waals surface area contributed by atoms with Crippen LogP contribution in [0.2, 0.25) is 0 Å². The Bertz CT molecular complexity index is 3200. The van der Waals surface area contributed by atoms with Gasteiger partial charge in [0.15, 0.2) is 0 Å². The molecule has 2 nitrogen and oxygen atoms in total. The van der Waals surface area contributed by atoms with Crippen molar-refractivity contribution in [3.8, 4) is 32.8 Å². The van der Waals surface area contributed by atoms with Gasteiger partial charge in [-0.05, 0) is 81.4 Å². The summed E-state index contributed by atoms with van der Waals surface area (Å²) in [6, 6.07) is 70.3. The molecular formula is C51H32N2S2. The number of fused-ring (bicyclic) bond motifs is 8. The van der Waals surface area contributed by atoms with Gasteiger partial charge in [-0.15, -0.1) is 22.7 Å². The van der Waals surface area contributed by atoms with Crippen LogP contribution in [0.1, 0.15) is 0 Å². The van der Waals surface area contributed by atoms with E-state index in [4.69, 9.17) is 4.98 Å². The fraction of sp³-hybridized carbons (Fsp3) is 0. The molecule has 0 aliphatic carbocycles. The minimum atomic E-state index is 1.04. The van der Waals surface area contributed by atoms with E-state index in [2.05, 4.69) is 199 Å². The third kappa shape index (κ3) is 5.49. The van der Waals surface area contributed by atoms with Crippen molar-refractivity contribution in [2.75, 3.05) is 4.90 Å². The third-order valence-electron chi connectivity index (χ3n) is 10.7. The van der Waals surface area contributed by atoms with Crippen LogP contribution in [0, 0.1) is 0 Å². The molecule has 0 saturated heterocycles. The van der Waals surface area contributed by atoms with Crippen LogP contribution in [0.4, 0.5) is 17.1 Å². The molecule has 0 N–H and O–H groups in total. The summed E-state index contributed by atoms with van der Waals surface area (Å²) in [7, 11) is 0. The molecule has 4 heteroatoms. The maximum Gasteiger partial charge on any atom is 0.124 e. The van der Waals surface area contributed by atoms with Gasteiger partial charge in [0, 0.05) is 53.7 Å². The molecule has 0 saturated carbocycles. The molecule has 9 aromatic carbocycles. The highest BCUT2D eigenvalue weighted by Crippen LogP contribution is 2.45. The molecule has 0 spiro atoms. The molecule has 11 rings (SSSR count). The highest BCUT2D eigenvalue weighted by Gasteiger charge is 2.19. The molecule has 0 bridgehead atoms. The zero-order chi connectivity index (χ0) is 36.3. The molecule has 11 aromatic rings. The second-order valence-corrected chi connectivity index (χ2v) is 16.0.